The summed E-state index contributed by atoms with van der Waals surface area (Å²) in [5.74, 6) is 0. The Hall–Kier alpha value is -2.33. The molecule has 0 heterocycles. The zero-order valence-electron chi connectivity index (χ0n) is 10.5. The van der Waals surface area contributed by atoms with Crippen LogP contribution in [0.15, 0.2) is 29.4 Å². The van der Waals surface area contributed by atoms with Crippen molar-refractivity contribution in [1.82, 2.24) is 0 Å². The molecule has 4 heteroatoms. The average molecular weight is 240 g/mol. The van der Waals surface area contributed by atoms with Gasteiger partial charge in [0.05, 0.1) is 5.69 Å². The molecule has 1 aromatic carbocycles. The van der Waals surface area contributed by atoms with Gasteiger partial charge >= 0.3 is 0 Å². The van der Waals surface area contributed by atoms with Crippen molar-refractivity contribution in [2.45, 2.75) is 32.6 Å². The fraction of sp³-hybridized carbons (Fsp3) is 0.357. The van der Waals surface area contributed by atoms with Crippen LogP contribution in [0, 0.1) is 22.7 Å². The van der Waals surface area contributed by atoms with Crippen LogP contribution in [0.2, 0.25) is 0 Å². The molecule has 4 nitrogen and oxygen atoms in total. The largest absolute Gasteiger partial charge is 0.277 e. The molecule has 0 aliphatic carbocycles. The molecule has 0 aliphatic rings. The Bertz CT molecular complexity index is 458. The highest BCUT2D eigenvalue weighted by Crippen LogP contribution is 2.12. The Labute approximate surface area is 108 Å². The molecule has 0 unspecified atom stereocenters. The topological polar surface area (TPSA) is 72.0 Å². The van der Waals surface area contributed by atoms with Crippen molar-refractivity contribution in [3.63, 3.8) is 0 Å². The highest BCUT2D eigenvalue weighted by atomic mass is 15.3. The van der Waals surface area contributed by atoms with Gasteiger partial charge in [-0.1, -0.05) is 31.9 Å². The van der Waals surface area contributed by atoms with Gasteiger partial charge in [-0.25, -0.2) is 0 Å². The Balaban J connectivity index is 2.53. The molecule has 18 heavy (non-hydrogen) atoms. The molecule has 92 valence electrons. The molecule has 0 bridgehead atoms. The number of hydrogen-bond donors (Lipinski definition) is 1. The zero-order valence-corrected chi connectivity index (χ0v) is 10.5. The van der Waals surface area contributed by atoms with E-state index in [2.05, 4.69) is 17.5 Å². The van der Waals surface area contributed by atoms with Gasteiger partial charge in [0, 0.05) is 0 Å². The van der Waals surface area contributed by atoms with Crippen LogP contribution >= 0.6 is 0 Å². The van der Waals surface area contributed by atoms with Crippen LogP contribution in [-0.2, 0) is 6.42 Å². The molecule has 0 spiro atoms. The molecule has 0 atom stereocenters. The van der Waals surface area contributed by atoms with Crippen LogP contribution in [0.3, 0.4) is 0 Å². The second kappa shape index (κ2) is 7.86. The standard InChI is InChI=1S/C14H16N4/c1-2-3-4-5-12-6-8-13(9-7-12)17-18-14(10-15)11-16/h6-9,17H,2-5H2,1H3. The maximum atomic E-state index is 8.53. The van der Waals surface area contributed by atoms with Crippen molar-refractivity contribution in [1.29, 1.82) is 10.5 Å². The molecule has 0 amide bonds. The SMILES string of the molecule is CCCCCc1ccc(NN=C(C#N)C#N)cc1. The fourth-order valence-corrected chi connectivity index (χ4v) is 1.52. The maximum Gasteiger partial charge on any atom is 0.237 e. The summed E-state index contributed by atoms with van der Waals surface area (Å²) >= 11 is 0. The second-order valence-electron chi connectivity index (χ2n) is 3.95. The Morgan fingerprint density at radius 3 is 2.39 bits per heavy atom. The number of hydrogen-bond acceptors (Lipinski definition) is 4. The second-order valence-corrected chi connectivity index (χ2v) is 3.95. The van der Waals surface area contributed by atoms with Gasteiger partial charge < -0.3 is 0 Å². The van der Waals surface area contributed by atoms with Crippen molar-refractivity contribution in [3.05, 3.63) is 29.8 Å². The lowest BCUT2D eigenvalue weighted by molar-refractivity contribution is 0.717. The molecule has 0 aromatic heterocycles. The Morgan fingerprint density at radius 1 is 1.17 bits per heavy atom. The molecular weight excluding hydrogens is 224 g/mol. The molecule has 0 saturated carbocycles. The quantitative estimate of drug-likeness (QED) is 0.471. The maximum absolute atomic E-state index is 8.53. The molecule has 0 radical (unpaired) electrons. The fourth-order valence-electron chi connectivity index (χ4n) is 1.52. The number of anilines is 1. The lowest BCUT2D eigenvalue weighted by atomic mass is 10.1. The van der Waals surface area contributed by atoms with E-state index in [9.17, 15) is 0 Å². The number of unbranched alkanes of at least 4 members (excludes halogenated alkanes) is 2. The molecule has 1 N–H and O–H groups in total. The summed E-state index contributed by atoms with van der Waals surface area (Å²) in [4.78, 5) is 0. The first-order chi connectivity index (χ1) is 8.80. The van der Waals surface area contributed by atoms with Crippen molar-refractivity contribution in [2.24, 2.45) is 5.10 Å². The van der Waals surface area contributed by atoms with E-state index < -0.39 is 0 Å². The van der Waals surface area contributed by atoms with Gasteiger partial charge in [-0.05, 0) is 30.5 Å². The number of benzene rings is 1. The number of nitrogens with zero attached hydrogens (tertiary/aromatic N) is 3. The van der Waals surface area contributed by atoms with E-state index in [4.69, 9.17) is 10.5 Å². The van der Waals surface area contributed by atoms with E-state index in [0.29, 0.717) is 0 Å². The van der Waals surface area contributed by atoms with Crippen LogP contribution in [0.1, 0.15) is 31.7 Å². The minimum Gasteiger partial charge on any atom is -0.277 e. The minimum atomic E-state index is -0.179. The molecule has 1 rings (SSSR count). The average Bonchev–Trinajstić information content (AvgIpc) is 2.42. The number of nitrogens with one attached hydrogen (secondary N) is 1. The van der Waals surface area contributed by atoms with Gasteiger partial charge in [0.15, 0.2) is 0 Å². The smallest absolute Gasteiger partial charge is 0.237 e. The van der Waals surface area contributed by atoms with E-state index in [1.807, 2.05) is 24.3 Å². The summed E-state index contributed by atoms with van der Waals surface area (Å²) in [5.41, 5.74) is 4.57. The van der Waals surface area contributed by atoms with Gasteiger partial charge in [0.1, 0.15) is 12.1 Å². The first-order valence-electron chi connectivity index (χ1n) is 6.03. The predicted molar refractivity (Wildman–Crippen MR) is 72.0 cm³/mol. The van der Waals surface area contributed by atoms with Crippen molar-refractivity contribution >= 4 is 11.4 Å². The molecule has 1 aromatic rings. The van der Waals surface area contributed by atoms with E-state index in [-0.39, 0.29) is 5.71 Å². The van der Waals surface area contributed by atoms with E-state index in [1.165, 1.54) is 24.8 Å². The Kier molecular flexibility index (Phi) is 6.00. The summed E-state index contributed by atoms with van der Waals surface area (Å²) in [6, 6.07) is 11.3. The highest BCUT2D eigenvalue weighted by molar-refractivity contribution is 6.10. The lowest BCUT2D eigenvalue weighted by Gasteiger charge is -2.03. The highest BCUT2D eigenvalue weighted by Gasteiger charge is 1.96. The van der Waals surface area contributed by atoms with Crippen molar-refractivity contribution in [2.75, 3.05) is 5.43 Å². The number of aryl methyl sites for hydroxylation is 1. The number of rotatable bonds is 6. The third-order valence-corrected chi connectivity index (χ3v) is 2.53. The van der Waals surface area contributed by atoms with Gasteiger partial charge in [-0.15, -0.1) is 0 Å². The number of hydrazone groups is 1. The molecule has 0 saturated heterocycles. The summed E-state index contributed by atoms with van der Waals surface area (Å²) in [6.07, 6.45) is 4.75. The van der Waals surface area contributed by atoms with Crippen LogP contribution in [0.4, 0.5) is 5.69 Å². The number of nitriles is 2. The normalized spacial score (nSPS) is 9.06. The first-order valence-corrected chi connectivity index (χ1v) is 6.03. The van der Waals surface area contributed by atoms with E-state index >= 15 is 0 Å². The van der Waals surface area contributed by atoms with Crippen molar-refractivity contribution < 1.29 is 0 Å². The first kappa shape index (κ1) is 13.7. The molecular formula is C14H16N4. The van der Waals surface area contributed by atoms with Crippen LogP contribution in [0.5, 0.6) is 0 Å². The third-order valence-electron chi connectivity index (χ3n) is 2.53. The van der Waals surface area contributed by atoms with Crippen LogP contribution < -0.4 is 5.43 Å². The summed E-state index contributed by atoms with van der Waals surface area (Å²) in [5, 5.41) is 20.7. The minimum absolute atomic E-state index is 0.179. The summed E-state index contributed by atoms with van der Waals surface area (Å²) in [6.45, 7) is 2.19. The zero-order chi connectivity index (χ0) is 13.2. The van der Waals surface area contributed by atoms with E-state index in [1.54, 1.807) is 12.1 Å². The third kappa shape index (κ3) is 4.67. The molecule has 0 fully saturated rings. The molecule has 0 aliphatic heterocycles. The summed E-state index contributed by atoms with van der Waals surface area (Å²) in [7, 11) is 0. The Morgan fingerprint density at radius 2 is 1.83 bits per heavy atom. The van der Waals surface area contributed by atoms with Crippen LogP contribution in [-0.4, -0.2) is 5.71 Å². The van der Waals surface area contributed by atoms with Gasteiger partial charge in [-0.3, -0.25) is 5.43 Å². The van der Waals surface area contributed by atoms with Gasteiger partial charge in [0.2, 0.25) is 5.71 Å². The predicted octanol–water partition coefficient (Wildman–Crippen LogP) is 3.23. The van der Waals surface area contributed by atoms with Gasteiger partial charge in [0.25, 0.3) is 0 Å². The van der Waals surface area contributed by atoms with Crippen molar-refractivity contribution in [3.8, 4) is 12.1 Å². The van der Waals surface area contributed by atoms with E-state index in [0.717, 1.165) is 12.1 Å². The monoisotopic (exact) mass is 240 g/mol. The summed E-state index contributed by atoms with van der Waals surface area (Å²) < 4.78 is 0. The van der Waals surface area contributed by atoms with Gasteiger partial charge in [-0.2, -0.15) is 15.6 Å². The lowest BCUT2D eigenvalue weighted by Crippen LogP contribution is -1.96. The van der Waals surface area contributed by atoms with Crippen LogP contribution in [0.25, 0.3) is 0 Å².